The monoisotopic (exact) mass is 243 g/mol. The first-order valence-electron chi connectivity index (χ1n) is 6.55. The molecule has 0 aliphatic carbocycles. The molecular weight excluding hydrogens is 222 g/mol. The Labute approximate surface area is 109 Å². The second kappa shape index (κ2) is 5.36. The van der Waals surface area contributed by atoms with E-state index in [0.717, 1.165) is 18.5 Å². The maximum absolute atomic E-state index is 5.85. The van der Waals surface area contributed by atoms with Crippen LogP contribution in [-0.4, -0.2) is 9.78 Å². The van der Waals surface area contributed by atoms with Crippen molar-refractivity contribution in [3.63, 3.8) is 0 Å². The van der Waals surface area contributed by atoms with Crippen LogP contribution in [0.4, 0.5) is 0 Å². The van der Waals surface area contributed by atoms with Crippen molar-refractivity contribution in [2.45, 2.75) is 33.2 Å². The first-order chi connectivity index (χ1) is 8.72. The Morgan fingerprint density at radius 2 is 1.89 bits per heavy atom. The lowest BCUT2D eigenvalue weighted by Crippen LogP contribution is -2.01. The van der Waals surface area contributed by atoms with E-state index in [1.807, 2.05) is 17.8 Å². The molecule has 2 N–H and O–H groups in total. The zero-order valence-corrected chi connectivity index (χ0v) is 11.4. The molecule has 0 aliphatic heterocycles. The number of aryl methyl sites for hydroxylation is 2. The summed E-state index contributed by atoms with van der Waals surface area (Å²) >= 11 is 0. The number of rotatable bonds is 4. The van der Waals surface area contributed by atoms with Crippen LogP contribution in [0.5, 0.6) is 0 Å². The van der Waals surface area contributed by atoms with Gasteiger partial charge in [0.2, 0.25) is 0 Å². The summed E-state index contributed by atoms with van der Waals surface area (Å²) in [6.07, 6.45) is 1.93. The minimum absolute atomic E-state index is 0.567. The molecule has 0 saturated carbocycles. The van der Waals surface area contributed by atoms with Crippen molar-refractivity contribution in [3.8, 4) is 11.1 Å². The van der Waals surface area contributed by atoms with E-state index < -0.39 is 0 Å². The second-order valence-corrected chi connectivity index (χ2v) is 4.46. The van der Waals surface area contributed by atoms with Gasteiger partial charge in [0, 0.05) is 24.8 Å². The minimum atomic E-state index is 0.567. The first-order valence-corrected chi connectivity index (χ1v) is 6.55. The molecule has 96 valence electrons. The number of hydrogen-bond donors (Lipinski definition) is 1. The lowest BCUT2D eigenvalue weighted by molar-refractivity contribution is 0.705. The molecule has 0 radical (unpaired) electrons. The van der Waals surface area contributed by atoms with Gasteiger partial charge in [0.1, 0.15) is 0 Å². The van der Waals surface area contributed by atoms with Crippen LogP contribution in [0.1, 0.15) is 30.8 Å². The molecule has 2 aromatic rings. The Bertz CT molecular complexity index is 541. The maximum atomic E-state index is 5.85. The van der Waals surface area contributed by atoms with Crippen LogP contribution >= 0.6 is 0 Å². The van der Waals surface area contributed by atoms with Gasteiger partial charge in [-0.15, -0.1) is 0 Å². The van der Waals surface area contributed by atoms with Gasteiger partial charge in [0.15, 0.2) is 0 Å². The highest BCUT2D eigenvalue weighted by Gasteiger charge is 2.17. The van der Waals surface area contributed by atoms with E-state index in [9.17, 15) is 0 Å². The molecule has 0 spiro atoms. The third-order valence-electron chi connectivity index (χ3n) is 3.41. The topological polar surface area (TPSA) is 43.8 Å². The number of aromatic nitrogens is 2. The summed E-state index contributed by atoms with van der Waals surface area (Å²) in [6.45, 7) is 4.89. The fourth-order valence-corrected chi connectivity index (χ4v) is 2.53. The predicted molar refractivity (Wildman–Crippen MR) is 75.3 cm³/mol. The molecule has 0 bridgehead atoms. The normalized spacial score (nSPS) is 10.9. The SMILES string of the molecule is CCc1nn(C)c(CC)c1-c1ccccc1CN. The third kappa shape index (κ3) is 2.06. The van der Waals surface area contributed by atoms with Crippen LogP contribution < -0.4 is 5.73 Å². The van der Waals surface area contributed by atoms with Crippen molar-refractivity contribution < 1.29 is 0 Å². The van der Waals surface area contributed by atoms with Crippen molar-refractivity contribution in [2.75, 3.05) is 0 Å². The molecule has 0 saturated heterocycles. The van der Waals surface area contributed by atoms with E-state index in [1.54, 1.807) is 0 Å². The summed E-state index contributed by atoms with van der Waals surface area (Å²) in [5, 5.41) is 4.63. The molecule has 3 nitrogen and oxygen atoms in total. The van der Waals surface area contributed by atoms with E-state index in [2.05, 4.69) is 37.1 Å². The van der Waals surface area contributed by atoms with Gasteiger partial charge in [-0.05, 0) is 24.0 Å². The standard InChI is InChI=1S/C15H21N3/c1-4-13-15(14(5-2)18(3)17-13)12-9-7-6-8-11(12)10-16/h6-9H,4-5,10,16H2,1-3H3. The highest BCUT2D eigenvalue weighted by atomic mass is 15.3. The molecule has 1 heterocycles. The molecule has 0 amide bonds. The molecule has 0 atom stereocenters. The Morgan fingerprint density at radius 3 is 2.50 bits per heavy atom. The smallest absolute Gasteiger partial charge is 0.0703 e. The molecular formula is C15H21N3. The van der Waals surface area contributed by atoms with E-state index in [4.69, 9.17) is 5.73 Å². The Hall–Kier alpha value is -1.61. The Balaban J connectivity index is 2.69. The van der Waals surface area contributed by atoms with E-state index in [1.165, 1.54) is 22.4 Å². The molecule has 18 heavy (non-hydrogen) atoms. The summed E-state index contributed by atoms with van der Waals surface area (Å²) in [5.74, 6) is 0. The van der Waals surface area contributed by atoms with Gasteiger partial charge in [-0.1, -0.05) is 38.1 Å². The second-order valence-electron chi connectivity index (χ2n) is 4.46. The summed E-state index contributed by atoms with van der Waals surface area (Å²) < 4.78 is 2.00. The number of hydrogen-bond acceptors (Lipinski definition) is 2. The van der Waals surface area contributed by atoms with E-state index >= 15 is 0 Å². The van der Waals surface area contributed by atoms with Crippen molar-refractivity contribution in [1.82, 2.24) is 9.78 Å². The van der Waals surface area contributed by atoms with Gasteiger partial charge < -0.3 is 5.73 Å². The largest absolute Gasteiger partial charge is 0.326 e. The summed E-state index contributed by atoms with van der Waals surface area (Å²) in [6, 6.07) is 8.36. The van der Waals surface area contributed by atoms with E-state index in [0.29, 0.717) is 6.54 Å². The minimum Gasteiger partial charge on any atom is -0.326 e. The Kier molecular flexibility index (Phi) is 3.82. The fourth-order valence-electron chi connectivity index (χ4n) is 2.53. The lowest BCUT2D eigenvalue weighted by atomic mass is 9.96. The molecule has 2 rings (SSSR count). The zero-order chi connectivity index (χ0) is 13.1. The van der Waals surface area contributed by atoms with Crippen molar-refractivity contribution in [2.24, 2.45) is 12.8 Å². The van der Waals surface area contributed by atoms with Crippen LogP contribution in [0.25, 0.3) is 11.1 Å². The van der Waals surface area contributed by atoms with Gasteiger partial charge in [-0.3, -0.25) is 4.68 Å². The molecule has 0 aliphatic rings. The maximum Gasteiger partial charge on any atom is 0.0703 e. The van der Waals surface area contributed by atoms with Crippen LogP contribution in [0.15, 0.2) is 24.3 Å². The van der Waals surface area contributed by atoms with Gasteiger partial charge in [0.05, 0.1) is 5.69 Å². The summed E-state index contributed by atoms with van der Waals surface area (Å²) in [7, 11) is 2.02. The van der Waals surface area contributed by atoms with Crippen LogP contribution in [0.3, 0.4) is 0 Å². The Morgan fingerprint density at radius 1 is 1.17 bits per heavy atom. The summed E-state index contributed by atoms with van der Waals surface area (Å²) in [5.41, 5.74) is 12.0. The van der Waals surface area contributed by atoms with Gasteiger partial charge in [-0.2, -0.15) is 5.10 Å². The average Bonchev–Trinajstić information content (AvgIpc) is 2.74. The van der Waals surface area contributed by atoms with Crippen molar-refractivity contribution in [1.29, 1.82) is 0 Å². The predicted octanol–water partition coefficient (Wildman–Crippen LogP) is 2.67. The number of benzene rings is 1. The fraction of sp³-hybridized carbons (Fsp3) is 0.400. The molecule has 0 fully saturated rings. The van der Waals surface area contributed by atoms with Crippen molar-refractivity contribution in [3.05, 3.63) is 41.2 Å². The molecule has 1 aromatic heterocycles. The summed E-state index contributed by atoms with van der Waals surface area (Å²) in [4.78, 5) is 0. The molecule has 0 unspecified atom stereocenters. The first kappa shape index (κ1) is 12.8. The van der Waals surface area contributed by atoms with Crippen molar-refractivity contribution >= 4 is 0 Å². The quantitative estimate of drug-likeness (QED) is 0.897. The highest BCUT2D eigenvalue weighted by molar-refractivity contribution is 5.72. The molecule has 3 heteroatoms. The van der Waals surface area contributed by atoms with E-state index in [-0.39, 0.29) is 0 Å². The van der Waals surface area contributed by atoms with Gasteiger partial charge >= 0.3 is 0 Å². The average molecular weight is 243 g/mol. The highest BCUT2D eigenvalue weighted by Crippen LogP contribution is 2.30. The van der Waals surface area contributed by atoms with Gasteiger partial charge in [-0.25, -0.2) is 0 Å². The molecule has 1 aromatic carbocycles. The lowest BCUT2D eigenvalue weighted by Gasteiger charge is -2.10. The number of nitrogens with two attached hydrogens (primary N) is 1. The van der Waals surface area contributed by atoms with Crippen LogP contribution in [-0.2, 0) is 26.4 Å². The van der Waals surface area contributed by atoms with Crippen LogP contribution in [0.2, 0.25) is 0 Å². The van der Waals surface area contributed by atoms with Crippen LogP contribution in [0, 0.1) is 0 Å². The van der Waals surface area contributed by atoms with Gasteiger partial charge in [0.25, 0.3) is 0 Å². The zero-order valence-electron chi connectivity index (χ0n) is 11.4. The third-order valence-corrected chi connectivity index (χ3v) is 3.41. The number of nitrogens with zero attached hydrogens (tertiary/aromatic N) is 2.